The highest BCUT2D eigenvalue weighted by molar-refractivity contribution is 9.10. The molecule has 6 aromatic heterocycles. The van der Waals surface area contributed by atoms with E-state index in [1.165, 1.54) is 70.5 Å². The molecule has 0 saturated carbocycles. The van der Waals surface area contributed by atoms with E-state index in [2.05, 4.69) is 186 Å². The quantitative estimate of drug-likeness (QED) is 0.170. The third kappa shape index (κ3) is 7.80. The molecule has 0 spiro atoms. The van der Waals surface area contributed by atoms with Crippen LogP contribution in [0.2, 0.25) is 0 Å². The van der Waals surface area contributed by atoms with Crippen LogP contribution in [0.25, 0.3) is 109 Å². The first kappa shape index (κ1) is 42.8. The number of nitrogens with zero attached hydrogens (tertiary/aromatic N) is 6. The molecule has 2 N–H and O–H groups in total. The van der Waals surface area contributed by atoms with Crippen LogP contribution < -0.4 is 5.59 Å². The van der Waals surface area contributed by atoms with Crippen LogP contribution in [0, 0.1) is 0 Å². The van der Waals surface area contributed by atoms with Gasteiger partial charge in [0.15, 0.2) is 0 Å². The Kier molecular flexibility index (Phi) is 11.1. The fraction of sp³-hybridized carbons (Fsp3) is 0. The molecule has 0 unspecified atom stereocenters. The number of hydrogen-bond donors (Lipinski definition) is 2. The predicted octanol–water partition coefficient (Wildman–Crippen LogP) is 13.6. The molecule has 6 heterocycles. The smallest absolute Gasteiger partial charge is 0.422 e. The summed E-state index contributed by atoms with van der Waals surface area (Å²) in [7, 11) is -1.50. The molecular formula is C60H40BBrN6O2. The summed E-state index contributed by atoms with van der Waals surface area (Å²) < 4.78 is 5.69. The number of benzene rings is 8. The van der Waals surface area contributed by atoms with Crippen molar-refractivity contribution in [2.75, 3.05) is 0 Å². The van der Waals surface area contributed by atoms with E-state index in [1.807, 2.05) is 79.5 Å². The van der Waals surface area contributed by atoms with Gasteiger partial charge in [-0.3, -0.25) is 19.9 Å². The summed E-state index contributed by atoms with van der Waals surface area (Å²) in [5, 5.41) is 31.1. The molecule has 0 aliphatic rings. The Hall–Kier alpha value is -8.54. The minimum absolute atomic E-state index is 0.277. The number of aromatic nitrogens is 6. The summed E-state index contributed by atoms with van der Waals surface area (Å²) in [6, 6.07) is 68.8. The number of fused-ring (bicyclic) bond motifs is 12. The van der Waals surface area contributed by atoms with Crippen molar-refractivity contribution in [2.45, 2.75) is 0 Å². The van der Waals surface area contributed by atoms with Gasteiger partial charge in [0.05, 0.1) is 62.6 Å². The number of para-hydroxylation sites is 1. The lowest BCUT2D eigenvalue weighted by atomic mass is 9.85. The lowest BCUT2D eigenvalue weighted by Gasteiger charge is -2.08. The summed E-state index contributed by atoms with van der Waals surface area (Å²) in [4.78, 5) is 17.5. The maximum Gasteiger partial charge on any atom is 0.508 e. The minimum Gasteiger partial charge on any atom is -0.422 e. The van der Waals surface area contributed by atoms with Gasteiger partial charge in [0, 0.05) is 60.9 Å². The number of hydrogen-bond acceptors (Lipinski definition) is 6. The summed E-state index contributed by atoms with van der Waals surface area (Å²) in [5.74, 6) is 0. The zero-order chi connectivity index (χ0) is 47.1. The van der Waals surface area contributed by atoms with E-state index in [-0.39, 0.29) is 5.59 Å². The number of pyridine rings is 4. The van der Waals surface area contributed by atoms with Crippen molar-refractivity contribution in [1.82, 2.24) is 29.1 Å². The maximum absolute atomic E-state index is 8.88. The highest BCUT2D eigenvalue weighted by Crippen LogP contribution is 2.40. The molecule has 8 nitrogen and oxygen atoms in total. The van der Waals surface area contributed by atoms with Gasteiger partial charge in [0.1, 0.15) is 0 Å². The Morgan fingerprint density at radius 3 is 1.56 bits per heavy atom. The van der Waals surface area contributed by atoms with E-state index in [4.69, 9.17) is 15.0 Å². The molecule has 0 saturated heterocycles. The molecule has 8 aromatic carbocycles. The molecule has 0 radical (unpaired) electrons. The van der Waals surface area contributed by atoms with Crippen molar-refractivity contribution in [1.29, 1.82) is 0 Å². The average Bonchev–Trinajstić information content (AvgIpc) is 3.94. The van der Waals surface area contributed by atoms with Crippen molar-refractivity contribution in [3.8, 4) is 22.6 Å². The molecule has 0 atom stereocenters. The Labute approximate surface area is 410 Å². The standard InChI is InChI=1S/C30H19N3.C21H13BrN2.C9H8BNO2/c1-2-8-23-18-32-27(17-21(23)7-1)22-12-13-28-26(16-22)30-25-10-4-3-6-20(25)11-14-29(30)33(28)24-9-5-15-31-19-24;22-15-8-10-19-18(12-15)21-17-6-2-1-4-14(17)7-9-20(21)24(19)16-5-3-11-23-13-16;12-10(13)9-6-5-7-3-1-2-4-8(7)11-9/h1-19H;1-13H;1-6,12-13H. The lowest BCUT2D eigenvalue weighted by molar-refractivity contribution is 0.424. The van der Waals surface area contributed by atoms with Crippen LogP contribution >= 0.6 is 15.9 Å². The Balaban J connectivity index is 0.000000119. The van der Waals surface area contributed by atoms with Gasteiger partial charge in [-0.2, -0.15) is 0 Å². The van der Waals surface area contributed by atoms with Crippen molar-refractivity contribution >= 4 is 115 Å². The van der Waals surface area contributed by atoms with Gasteiger partial charge >= 0.3 is 7.12 Å². The van der Waals surface area contributed by atoms with Gasteiger partial charge in [-0.25, -0.2) is 0 Å². The molecular weight excluding hydrogens is 927 g/mol. The second-order valence-corrected chi connectivity index (χ2v) is 18.0. The van der Waals surface area contributed by atoms with Crippen LogP contribution in [-0.2, 0) is 0 Å². The zero-order valence-corrected chi connectivity index (χ0v) is 39.1. The van der Waals surface area contributed by atoms with Crippen LogP contribution in [0.15, 0.2) is 236 Å². The first-order valence-corrected chi connectivity index (χ1v) is 23.7. The van der Waals surface area contributed by atoms with Crippen molar-refractivity contribution in [2.24, 2.45) is 0 Å². The third-order valence-electron chi connectivity index (χ3n) is 12.9. The fourth-order valence-corrected chi connectivity index (χ4v) is 10.1. The van der Waals surface area contributed by atoms with E-state index in [1.54, 1.807) is 6.07 Å². The van der Waals surface area contributed by atoms with Gasteiger partial charge < -0.3 is 19.2 Å². The summed E-state index contributed by atoms with van der Waals surface area (Å²) in [6.07, 6.45) is 9.42. The molecule has 0 bridgehead atoms. The summed E-state index contributed by atoms with van der Waals surface area (Å²) in [6.45, 7) is 0. The molecule has 70 heavy (non-hydrogen) atoms. The maximum atomic E-state index is 8.88. The van der Waals surface area contributed by atoms with E-state index in [9.17, 15) is 0 Å². The first-order chi connectivity index (χ1) is 34.5. The molecule has 0 amide bonds. The Morgan fingerprint density at radius 2 is 0.943 bits per heavy atom. The largest absolute Gasteiger partial charge is 0.508 e. The molecule has 332 valence electrons. The third-order valence-corrected chi connectivity index (χ3v) is 13.4. The van der Waals surface area contributed by atoms with Crippen molar-refractivity contribution < 1.29 is 10.0 Å². The zero-order valence-electron chi connectivity index (χ0n) is 37.5. The fourth-order valence-electron chi connectivity index (χ4n) is 9.71. The molecule has 14 aromatic rings. The SMILES string of the molecule is Brc1ccc2c(c1)c1c3ccccc3ccc1n2-c1cccnc1.OB(O)c1ccc2ccccc2n1.c1cncc(-n2c3ccc(-c4cc5ccccc5cn4)cc3c3c4ccccc4ccc32)c1. The molecule has 14 rings (SSSR count). The molecule has 0 aliphatic carbocycles. The van der Waals surface area contributed by atoms with E-state index < -0.39 is 7.12 Å². The number of halogens is 1. The van der Waals surface area contributed by atoms with E-state index in [0.717, 1.165) is 43.4 Å². The van der Waals surface area contributed by atoms with Gasteiger partial charge in [0.25, 0.3) is 0 Å². The second-order valence-electron chi connectivity index (χ2n) is 17.1. The van der Waals surface area contributed by atoms with Crippen LogP contribution in [0.1, 0.15) is 0 Å². The number of rotatable bonds is 4. The van der Waals surface area contributed by atoms with Crippen LogP contribution in [-0.4, -0.2) is 46.2 Å². The summed E-state index contributed by atoms with van der Waals surface area (Å²) in [5.41, 5.74) is 10.0. The highest BCUT2D eigenvalue weighted by atomic mass is 79.9. The molecule has 0 fully saturated rings. The monoisotopic (exact) mass is 966 g/mol. The Bertz CT molecular complexity index is 4260. The van der Waals surface area contributed by atoms with Gasteiger partial charge in [-0.1, -0.05) is 131 Å². The summed E-state index contributed by atoms with van der Waals surface area (Å²) >= 11 is 3.63. The highest BCUT2D eigenvalue weighted by Gasteiger charge is 2.18. The second kappa shape index (κ2) is 18.2. The minimum atomic E-state index is -1.50. The van der Waals surface area contributed by atoms with Crippen LogP contribution in [0.5, 0.6) is 0 Å². The average molecular weight is 968 g/mol. The van der Waals surface area contributed by atoms with E-state index >= 15 is 0 Å². The van der Waals surface area contributed by atoms with Crippen molar-refractivity contribution in [3.05, 3.63) is 236 Å². The Morgan fingerprint density at radius 1 is 0.414 bits per heavy atom. The topological polar surface area (TPSA) is 102 Å². The molecule has 10 heteroatoms. The van der Waals surface area contributed by atoms with Crippen LogP contribution in [0.4, 0.5) is 0 Å². The predicted molar refractivity (Wildman–Crippen MR) is 292 cm³/mol. The van der Waals surface area contributed by atoms with Gasteiger partial charge in [-0.05, 0) is 112 Å². The van der Waals surface area contributed by atoms with Gasteiger partial charge in [-0.15, -0.1) is 0 Å². The normalized spacial score (nSPS) is 11.4. The first-order valence-electron chi connectivity index (χ1n) is 22.9. The van der Waals surface area contributed by atoms with Crippen LogP contribution in [0.3, 0.4) is 0 Å². The van der Waals surface area contributed by atoms with Gasteiger partial charge in [0.2, 0.25) is 0 Å². The molecule has 0 aliphatic heterocycles. The van der Waals surface area contributed by atoms with Crippen molar-refractivity contribution in [3.63, 3.8) is 0 Å². The van der Waals surface area contributed by atoms with E-state index in [0.29, 0.717) is 0 Å². The lowest BCUT2D eigenvalue weighted by Crippen LogP contribution is -2.32.